The van der Waals surface area contributed by atoms with Crippen molar-refractivity contribution in [1.82, 2.24) is 10.4 Å². The van der Waals surface area contributed by atoms with Crippen molar-refractivity contribution in [1.29, 1.82) is 0 Å². The zero-order chi connectivity index (χ0) is 18.4. The molecule has 0 atom stereocenters. The van der Waals surface area contributed by atoms with E-state index in [4.69, 9.17) is 9.47 Å². The summed E-state index contributed by atoms with van der Waals surface area (Å²) in [6.07, 6.45) is 2.45. The number of rotatable bonds is 6. The van der Waals surface area contributed by atoms with Gasteiger partial charge in [0.15, 0.2) is 11.5 Å². The molecule has 1 heterocycles. The van der Waals surface area contributed by atoms with Crippen molar-refractivity contribution in [2.24, 2.45) is 5.10 Å². The highest BCUT2D eigenvalue weighted by Gasteiger charge is 2.11. The summed E-state index contributed by atoms with van der Waals surface area (Å²) in [5, 5.41) is 14.4. The molecule has 9 nitrogen and oxygen atoms in total. The predicted octanol–water partition coefficient (Wildman–Crippen LogP) is 2.38. The molecular formula is C15H13IN4O5. The van der Waals surface area contributed by atoms with Gasteiger partial charge in [-0.15, -0.1) is 0 Å². The summed E-state index contributed by atoms with van der Waals surface area (Å²) in [7, 11) is 3.07. The van der Waals surface area contributed by atoms with Crippen molar-refractivity contribution in [3.8, 4) is 11.5 Å². The Kier molecular flexibility index (Phi) is 6.22. The minimum Gasteiger partial charge on any atom is -0.493 e. The van der Waals surface area contributed by atoms with Crippen molar-refractivity contribution < 1.29 is 19.2 Å². The molecule has 2 rings (SSSR count). The van der Waals surface area contributed by atoms with Gasteiger partial charge in [0.05, 0.1) is 28.9 Å². The first-order valence-electron chi connectivity index (χ1n) is 6.81. The molecule has 0 saturated heterocycles. The monoisotopic (exact) mass is 456 g/mol. The summed E-state index contributed by atoms with van der Waals surface area (Å²) in [6.45, 7) is 0. The van der Waals surface area contributed by atoms with Crippen LogP contribution < -0.4 is 14.9 Å². The fourth-order valence-corrected chi connectivity index (χ4v) is 2.71. The van der Waals surface area contributed by atoms with Crippen molar-refractivity contribution in [2.75, 3.05) is 14.2 Å². The number of hydrogen-bond acceptors (Lipinski definition) is 7. The van der Waals surface area contributed by atoms with Crippen LogP contribution in [-0.4, -0.2) is 36.2 Å². The second kappa shape index (κ2) is 8.37. The number of hydrogen-bond donors (Lipinski definition) is 1. The molecule has 10 heteroatoms. The van der Waals surface area contributed by atoms with Crippen molar-refractivity contribution in [3.05, 3.63) is 55.4 Å². The number of ether oxygens (including phenoxy) is 2. The Labute approximate surface area is 156 Å². The van der Waals surface area contributed by atoms with Crippen molar-refractivity contribution in [3.63, 3.8) is 0 Å². The van der Waals surface area contributed by atoms with Gasteiger partial charge in [-0.1, -0.05) is 0 Å². The smallest absolute Gasteiger partial charge is 0.289 e. The van der Waals surface area contributed by atoms with Crippen LogP contribution in [0.1, 0.15) is 16.1 Å². The van der Waals surface area contributed by atoms with Crippen molar-refractivity contribution >= 4 is 40.4 Å². The standard InChI is InChI=1S/C15H13IN4O5/c1-24-13-6-9(5-11(16)14(13)25-2)7-18-19-15(21)12-4-3-10(8-17-12)20(22)23/h3-8H,1-2H3,(H,19,21)/b18-7-. The predicted molar refractivity (Wildman–Crippen MR) is 98.2 cm³/mol. The summed E-state index contributed by atoms with van der Waals surface area (Å²) >= 11 is 2.10. The maximum atomic E-state index is 11.9. The fourth-order valence-electron chi connectivity index (χ4n) is 1.86. The zero-order valence-electron chi connectivity index (χ0n) is 13.2. The zero-order valence-corrected chi connectivity index (χ0v) is 15.4. The number of methoxy groups -OCH3 is 2. The normalized spacial score (nSPS) is 10.5. The van der Waals surface area contributed by atoms with E-state index in [-0.39, 0.29) is 11.4 Å². The van der Waals surface area contributed by atoms with E-state index in [1.807, 2.05) is 6.07 Å². The molecule has 1 amide bonds. The Hall–Kier alpha value is -2.76. The molecule has 0 saturated carbocycles. The van der Waals surface area contributed by atoms with E-state index in [2.05, 4.69) is 38.1 Å². The molecule has 25 heavy (non-hydrogen) atoms. The van der Waals surface area contributed by atoms with E-state index >= 15 is 0 Å². The number of halogens is 1. The van der Waals surface area contributed by atoms with Crippen LogP contribution in [0.4, 0.5) is 5.69 Å². The molecule has 0 bridgehead atoms. The van der Waals surface area contributed by atoms with E-state index in [9.17, 15) is 14.9 Å². The van der Waals surface area contributed by atoms with Gasteiger partial charge in [0, 0.05) is 6.07 Å². The average Bonchev–Trinajstić information content (AvgIpc) is 2.61. The molecule has 0 unspecified atom stereocenters. The van der Waals surface area contributed by atoms with Gasteiger partial charge in [-0.25, -0.2) is 10.4 Å². The molecular weight excluding hydrogens is 443 g/mol. The number of pyridine rings is 1. The Morgan fingerprint density at radius 2 is 2.12 bits per heavy atom. The first kappa shape index (κ1) is 18.6. The summed E-state index contributed by atoms with van der Waals surface area (Å²) in [5.41, 5.74) is 2.82. The number of nitrogens with one attached hydrogen (secondary N) is 1. The van der Waals surface area contributed by atoms with Gasteiger partial charge >= 0.3 is 0 Å². The highest BCUT2D eigenvalue weighted by atomic mass is 127. The third-order valence-electron chi connectivity index (χ3n) is 3.03. The van der Waals surface area contributed by atoms with Crippen LogP contribution >= 0.6 is 22.6 Å². The van der Waals surface area contributed by atoms with Crippen LogP contribution in [0.5, 0.6) is 11.5 Å². The maximum Gasteiger partial charge on any atom is 0.289 e. The van der Waals surface area contributed by atoms with E-state index in [0.717, 1.165) is 9.77 Å². The first-order valence-corrected chi connectivity index (χ1v) is 7.89. The van der Waals surface area contributed by atoms with E-state index < -0.39 is 10.8 Å². The SMILES string of the molecule is COc1cc(/C=N\NC(=O)c2ccc([N+](=O)[O-])cn2)cc(I)c1OC. The van der Waals surface area contributed by atoms with Gasteiger partial charge in [-0.2, -0.15) is 5.10 Å². The number of nitro groups is 1. The highest BCUT2D eigenvalue weighted by Crippen LogP contribution is 2.32. The minimum absolute atomic E-state index is 0.0182. The Morgan fingerprint density at radius 3 is 2.68 bits per heavy atom. The summed E-state index contributed by atoms with van der Waals surface area (Å²) in [5.74, 6) is 0.569. The fraction of sp³-hybridized carbons (Fsp3) is 0.133. The molecule has 1 N–H and O–H groups in total. The third kappa shape index (κ3) is 4.62. The molecule has 130 valence electrons. The van der Waals surface area contributed by atoms with E-state index in [1.54, 1.807) is 13.2 Å². The largest absolute Gasteiger partial charge is 0.493 e. The van der Waals surface area contributed by atoms with Gasteiger partial charge in [-0.05, 0) is 46.4 Å². The number of hydrazone groups is 1. The van der Waals surface area contributed by atoms with Gasteiger partial charge < -0.3 is 9.47 Å². The molecule has 2 aromatic rings. The number of carbonyl (C=O) groups is 1. The summed E-state index contributed by atoms with van der Waals surface area (Å²) in [6, 6.07) is 5.97. The van der Waals surface area contributed by atoms with Crippen LogP contribution in [0.25, 0.3) is 0 Å². The van der Waals surface area contributed by atoms with Gasteiger partial charge in [0.1, 0.15) is 11.9 Å². The Bertz CT molecular complexity index is 823. The number of carbonyl (C=O) groups excluding carboxylic acids is 1. The van der Waals surface area contributed by atoms with Crippen LogP contribution in [0, 0.1) is 13.7 Å². The first-order chi connectivity index (χ1) is 12.0. The lowest BCUT2D eigenvalue weighted by atomic mass is 10.2. The minimum atomic E-state index is -0.592. The quantitative estimate of drug-likeness (QED) is 0.309. The summed E-state index contributed by atoms with van der Waals surface area (Å²) < 4.78 is 11.3. The highest BCUT2D eigenvalue weighted by molar-refractivity contribution is 14.1. The van der Waals surface area contributed by atoms with E-state index in [1.165, 1.54) is 25.5 Å². The molecule has 0 radical (unpaired) electrons. The number of benzene rings is 1. The molecule has 0 spiro atoms. The Morgan fingerprint density at radius 1 is 1.36 bits per heavy atom. The number of nitrogens with zero attached hydrogens (tertiary/aromatic N) is 3. The summed E-state index contributed by atoms with van der Waals surface area (Å²) in [4.78, 5) is 25.6. The maximum absolute atomic E-state index is 11.9. The lowest BCUT2D eigenvalue weighted by molar-refractivity contribution is -0.385. The second-order valence-corrected chi connectivity index (χ2v) is 5.76. The lowest BCUT2D eigenvalue weighted by Gasteiger charge is -2.10. The van der Waals surface area contributed by atoms with Gasteiger partial charge in [0.25, 0.3) is 11.6 Å². The molecule has 0 fully saturated rings. The topological polar surface area (TPSA) is 116 Å². The molecule has 0 aliphatic rings. The molecule has 1 aromatic carbocycles. The molecule has 0 aliphatic carbocycles. The van der Waals surface area contributed by atoms with E-state index in [0.29, 0.717) is 17.1 Å². The van der Waals surface area contributed by atoms with Crippen LogP contribution in [0.15, 0.2) is 35.6 Å². The van der Waals surface area contributed by atoms with Crippen molar-refractivity contribution in [2.45, 2.75) is 0 Å². The Balaban J connectivity index is 2.08. The second-order valence-electron chi connectivity index (χ2n) is 4.60. The van der Waals surface area contributed by atoms with Crippen LogP contribution in [0.2, 0.25) is 0 Å². The average molecular weight is 456 g/mol. The third-order valence-corrected chi connectivity index (χ3v) is 3.83. The molecule has 0 aliphatic heterocycles. The number of amides is 1. The van der Waals surface area contributed by atoms with Crippen LogP contribution in [0.3, 0.4) is 0 Å². The molecule has 1 aromatic heterocycles. The number of aromatic nitrogens is 1. The van der Waals surface area contributed by atoms with Crippen LogP contribution in [-0.2, 0) is 0 Å². The van der Waals surface area contributed by atoms with Gasteiger partial charge in [0.2, 0.25) is 0 Å². The lowest BCUT2D eigenvalue weighted by Crippen LogP contribution is -2.18. The van der Waals surface area contributed by atoms with Gasteiger partial charge in [-0.3, -0.25) is 14.9 Å².